The number of carbonyl (C=O) groups excluding carboxylic acids is 1. The molecule has 1 amide bonds. The second kappa shape index (κ2) is 10.5. The van der Waals surface area contributed by atoms with Crippen LogP contribution in [0.5, 0.6) is 0 Å². The minimum absolute atomic E-state index is 0.0928. The largest absolute Gasteiger partial charge is 0.357 e. The van der Waals surface area contributed by atoms with Crippen LogP contribution in [0.2, 0.25) is 0 Å². The summed E-state index contributed by atoms with van der Waals surface area (Å²) in [5, 5.41) is 9.73. The van der Waals surface area contributed by atoms with Crippen LogP contribution in [0.3, 0.4) is 0 Å². The molecule has 2 saturated heterocycles. The van der Waals surface area contributed by atoms with Crippen molar-refractivity contribution in [3.8, 4) is 6.07 Å². The maximum Gasteiger partial charge on any atom is 0.270 e. The van der Waals surface area contributed by atoms with E-state index in [-0.39, 0.29) is 17.0 Å². The van der Waals surface area contributed by atoms with Crippen LogP contribution in [0.25, 0.3) is 6.08 Å². The highest BCUT2D eigenvalue weighted by Gasteiger charge is 2.32. The van der Waals surface area contributed by atoms with Gasteiger partial charge in [-0.25, -0.2) is 0 Å². The molecule has 6 nitrogen and oxygen atoms in total. The lowest BCUT2D eigenvalue weighted by Crippen LogP contribution is -2.35. The molecular weight excluding hydrogens is 428 g/mol. The molecule has 0 N–H and O–H groups in total. The molecule has 2 aliphatic rings. The van der Waals surface area contributed by atoms with Gasteiger partial charge < -0.3 is 4.90 Å². The second-order valence-corrected chi connectivity index (χ2v) is 9.72. The summed E-state index contributed by atoms with van der Waals surface area (Å²) in [5.74, 6) is 0.746. The van der Waals surface area contributed by atoms with Crippen LogP contribution < -0.4 is 10.5 Å². The van der Waals surface area contributed by atoms with E-state index in [4.69, 9.17) is 12.2 Å². The summed E-state index contributed by atoms with van der Waals surface area (Å²) in [5.41, 5.74) is 1.35. The lowest BCUT2D eigenvalue weighted by molar-refractivity contribution is -0.122. The molecule has 1 aromatic rings. The smallest absolute Gasteiger partial charge is 0.270 e. The van der Waals surface area contributed by atoms with Gasteiger partial charge in [0.15, 0.2) is 0 Å². The van der Waals surface area contributed by atoms with Gasteiger partial charge in [0.05, 0.1) is 4.91 Å². The van der Waals surface area contributed by atoms with E-state index in [1.807, 2.05) is 26.8 Å². The summed E-state index contributed by atoms with van der Waals surface area (Å²) < 4.78 is 2.31. The second-order valence-electron chi connectivity index (χ2n) is 8.04. The molecule has 0 bridgehead atoms. The SMILES string of the molecule is CCCN1C(=O)/C(=C/c2c(C)c(C#N)c(=O)n(CCC)c2N2CCCCCC2)SC1=S. The zero-order chi connectivity index (χ0) is 22.5. The standard InChI is InChI=1S/C23H30N4O2S2/c1-4-10-26-20(25-12-8-6-7-9-13-25)17(16(3)18(15-24)21(26)28)14-19-22(29)27(11-5-2)23(30)31-19/h14H,4-13H2,1-3H3/b19-14-. The Labute approximate surface area is 193 Å². The molecule has 0 spiro atoms. The topological polar surface area (TPSA) is 69.3 Å². The van der Waals surface area contributed by atoms with Crippen molar-refractivity contribution in [2.45, 2.75) is 65.8 Å². The third-order valence-corrected chi connectivity index (χ3v) is 7.17. The van der Waals surface area contributed by atoms with Crippen molar-refractivity contribution in [2.75, 3.05) is 24.5 Å². The normalized spacial score (nSPS) is 18.6. The molecule has 0 radical (unpaired) electrons. The lowest BCUT2D eigenvalue weighted by atomic mass is 10.0. The van der Waals surface area contributed by atoms with Gasteiger partial charge >= 0.3 is 0 Å². The number of hydrogen-bond acceptors (Lipinski definition) is 6. The van der Waals surface area contributed by atoms with E-state index < -0.39 is 0 Å². The first kappa shape index (κ1) is 23.6. The molecule has 166 valence electrons. The van der Waals surface area contributed by atoms with Gasteiger partial charge in [-0.2, -0.15) is 5.26 Å². The zero-order valence-corrected chi connectivity index (χ0v) is 20.2. The molecule has 2 aliphatic heterocycles. The van der Waals surface area contributed by atoms with Crippen molar-refractivity contribution >= 4 is 46.1 Å². The lowest BCUT2D eigenvalue weighted by Gasteiger charge is -2.29. The highest BCUT2D eigenvalue weighted by Crippen LogP contribution is 2.36. The average Bonchev–Trinajstić information content (AvgIpc) is 2.94. The number of thiocarbonyl (C=S) groups is 1. The predicted molar refractivity (Wildman–Crippen MR) is 131 cm³/mol. The molecule has 3 rings (SSSR count). The van der Waals surface area contributed by atoms with Crippen LogP contribution in [0, 0.1) is 18.3 Å². The number of nitriles is 1. The average molecular weight is 459 g/mol. The maximum atomic E-state index is 13.2. The Hall–Kier alpha value is -2.11. The molecule has 1 aromatic heterocycles. The van der Waals surface area contributed by atoms with Crippen LogP contribution in [0.1, 0.15) is 69.1 Å². The van der Waals surface area contributed by atoms with Gasteiger partial charge in [0, 0.05) is 31.7 Å². The number of nitrogens with zero attached hydrogens (tertiary/aromatic N) is 4. The van der Waals surface area contributed by atoms with Gasteiger partial charge in [0.1, 0.15) is 21.8 Å². The van der Waals surface area contributed by atoms with Gasteiger partial charge in [0.25, 0.3) is 11.5 Å². The van der Waals surface area contributed by atoms with Crippen LogP contribution in [-0.2, 0) is 11.3 Å². The minimum Gasteiger partial charge on any atom is -0.357 e. The highest BCUT2D eigenvalue weighted by atomic mass is 32.2. The first-order valence-electron chi connectivity index (χ1n) is 11.1. The fourth-order valence-corrected chi connectivity index (χ4v) is 5.54. The molecule has 0 unspecified atom stereocenters. The summed E-state index contributed by atoms with van der Waals surface area (Å²) in [6.07, 6.45) is 7.96. The monoisotopic (exact) mass is 458 g/mol. The van der Waals surface area contributed by atoms with E-state index in [0.717, 1.165) is 50.2 Å². The van der Waals surface area contributed by atoms with Crippen molar-refractivity contribution in [3.05, 3.63) is 31.9 Å². The number of rotatable bonds is 6. The number of anilines is 1. The Morgan fingerprint density at radius 3 is 2.32 bits per heavy atom. The molecule has 31 heavy (non-hydrogen) atoms. The van der Waals surface area contributed by atoms with Crippen molar-refractivity contribution in [1.82, 2.24) is 9.47 Å². The fraction of sp³-hybridized carbons (Fsp3) is 0.565. The first-order valence-corrected chi connectivity index (χ1v) is 12.3. The van der Waals surface area contributed by atoms with E-state index in [1.165, 1.54) is 24.6 Å². The van der Waals surface area contributed by atoms with Crippen LogP contribution in [0.4, 0.5) is 5.82 Å². The quantitative estimate of drug-likeness (QED) is 0.464. The van der Waals surface area contributed by atoms with Gasteiger partial charge in [-0.3, -0.25) is 19.1 Å². The molecule has 0 aliphatic carbocycles. The number of aromatic nitrogens is 1. The number of carbonyl (C=O) groups is 1. The Bertz CT molecular complexity index is 998. The van der Waals surface area contributed by atoms with Crippen LogP contribution >= 0.6 is 24.0 Å². The molecule has 2 fully saturated rings. The summed E-state index contributed by atoms with van der Waals surface area (Å²) in [7, 11) is 0. The summed E-state index contributed by atoms with van der Waals surface area (Å²) >= 11 is 6.73. The maximum absolute atomic E-state index is 13.2. The van der Waals surface area contributed by atoms with Crippen molar-refractivity contribution < 1.29 is 4.79 Å². The van der Waals surface area contributed by atoms with Crippen molar-refractivity contribution in [3.63, 3.8) is 0 Å². The Balaban J connectivity index is 2.24. The molecule has 8 heteroatoms. The van der Waals surface area contributed by atoms with Crippen LogP contribution in [0.15, 0.2) is 9.70 Å². The van der Waals surface area contributed by atoms with Gasteiger partial charge in [0.2, 0.25) is 0 Å². The molecule has 3 heterocycles. The number of hydrogen-bond donors (Lipinski definition) is 0. The number of amides is 1. The van der Waals surface area contributed by atoms with Gasteiger partial charge in [-0.05, 0) is 44.2 Å². The number of pyridine rings is 1. The minimum atomic E-state index is -0.239. The zero-order valence-electron chi connectivity index (χ0n) is 18.6. The molecular formula is C23H30N4O2S2. The van der Waals surface area contributed by atoms with Crippen LogP contribution in [-0.4, -0.2) is 39.3 Å². The predicted octanol–water partition coefficient (Wildman–Crippen LogP) is 4.43. The van der Waals surface area contributed by atoms with Gasteiger partial charge in [-0.15, -0.1) is 0 Å². The fourth-order valence-electron chi connectivity index (χ4n) is 4.25. The van der Waals surface area contributed by atoms with E-state index in [1.54, 1.807) is 9.47 Å². The van der Waals surface area contributed by atoms with E-state index in [0.29, 0.717) is 27.9 Å². The third kappa shape index (κ3) is 4.73. The highest BCUT2D eigenvalue weighted by molar-refractivity contribution is 8.26. The van der Waals surface area contributed by atoms with E-state index in [9.17, 15) is 14.9 Å². The van der Waals surface area contributed by atoms with Gasteiger partial charge in [-0.1, -0.05) is 50.7 Å². The van der Waals surface area contributed by atoms with E-state index >= 15 is 0 Å². The van der Waals surface area contributed by atoms with Crippen molar-refractivity contribution in [1.29, 1.82) is 5.26 Å². The Morgan fingerprint density at radius 2 is 1.74 bits per heavy atom. The Morgan fingerprint density at radius 1 is 1.10 bits per heavy atom. The van der Waals surface area contributed by atoms with E-state index in [2.05, 4.69) is 11.0 Å². The summed E-state index contributed by atoms with van der Waals surface area (Å²) in [6.45, 7) is 8.73. The number of thioether (sulfide) groups is 1. The summed E-state index contributed by atoms with van der Waals surface area (Å²) in [6, 6.07) is 2.11. The molecule has 0 atom stereocenters. The first-order chi connectivity index (χ1) is 14.9. The third-order valence-electron chi connectivity index (χ3n) is 5.80. The Kier molecular flexibility index (Phi) is 7.95. The molecule has 0 aromatic carbocycles. The van der Waals surface area contributed by atoms with Crippen molar-refractivity contribution in [2.24, 2.45) is 0 Å². The molecule has 0 saturated carbocycles. The summed E-state index contributed by atoms with van der Waals surface area (Å²) in [4.78, 5) is 30.7.